The van der Waals surface area contributed by atoms with Crippen molar-refractivity contribution in [3.8, 4) is 51.0 Å². The van der Waals surface area contributed by atoms with E-state index in [1.54, 1.807) is 0 Å². The second kappa shape index (κ2) is 12.6. The van der Waals surface area contributed by atoms with Crippen LogP contribution in [0.3, 0.4) is 0 Å². The minimum Gasteiger partial charge on any atom is -0.456 e. The van der Waals surface area contributed by atoms with Gasteiger partial charge in [0.15, 0.2) is 11.6 Å². The first-order chi connectivity index (χ1) is 28.3. The molecule has 0 radical (unpaired) electrons. The van der Waals surface area contributed by atoms with Crippen molar-refractivity contribution in [1.82, 2.24) is 19.5 Å². The second-order valence-corrected chi connectivity index (χ2v) is 15.4. The predicted molar refractivity (Wildman–Crippen MR) is 236 cm³/mol. The van der Waals surface area contributed by atoms with Crippen LogP contribution in [0.2, 0.25) is 0 Å². The molecule has 0 bridgehead atoms. The molecule has 0 unspecified atom stereocenters. The Kier molecular flexibility index (Phi) is 7.03. The number of fused-ring (bicyclic) bond motifs is 10. The first-order valence-electron chi connectivity index (χ1n) is 19.0. The summed E-state index contributed by atoms with van der Waals surface area (Å²) in [5.41, 5.74) is 10.2. The highest BCUT2D eigenvalue weighted by Gasteiger charge is 2.24. The van der Waals surface area contributed by atoms with Crippen molar-refractivity contribution in [2.45, 2.75) is 0 Å². The Hall–Kier alpha value is -7.41. The molecule has 12 aromatic rings. The third-order valence-corrected chi connectivity index (χ3v) is 12.3. The molecule has 0 atom stereocenters. The quantitative estimate of drug-likeness (QED) is 0.176. The van der Waals surface area contributed by atoms with Crippen molar-refractivity contribution in [2.75, 3.05) is 0 Å². The third kappa shape index (κ3) is 4.98. The monoisotopic (exact) mass is 746 g/mol. The van der Waals surface area contributed by atoms with Gasteiger partial charge in [0.25, 0.3) is 0 Å². The highest BCUT2D eigenvalue weighted by atomic mass is 32.1. The number of thiophene rings is 1. The fourth-order valence-corrected chi connectivity index (χ4v) is 9.75. The maximum atomic E-state index is 6.56. The molecule has 0 fully saturated rings. The van der Waals surface area contributed by atoms with Gasteiger partial charge >= 0.3 is 0 Å². The lowest BCUT2D eigenvalue weighted by Crippen LogP contribution is -2.06. The van der Waals surface area contributed by atoms with E-state index in [1.807, 2.05) is 41.7 Å². The molecule has 0 aliphatic heterocycles. The van der Waals surface area contributed by atoms with Crippen LogP contribution in [0.15, 0.2) is 186 Å². The number of furan rings is 1. The summed E-state index contributed by atoms with van der Waals surface area (Å²) in [4.78, 5) is 15.8. The molecule has 8 aromatic carbocycles. The van der Waals surface area contributed by atoms with Crippen LogP contribution in [0.1, 0.15) is 0 Å². The van der Waals surface area contributed by atoms with Crippen molar-refractivity contribution in [3.05, 3.63) is 182 Å². The Labute approximate surface area is 330 Å². The number of para-hydroxylation sites is 1. The van der Waals surface area contributed by atoms with Crippen molar-refractivity contribution in [3.63, 3.8) is 0 Å². The van der Waals surface area contributed by atoms with Crippen molar-refractivity contribution in [2.24, 2.45) is 0 Å². The lowest BCUT2D eigenvalue weighted by molar-refractivity contribution is 0.669. The molecule has 4 aromatic heterocycles. The molecular weight excluding hydrogens is 717 g/mol. The Morgan fingerprint density at radius 3 is 1.84 bits per heavy atom. The summed E-state index contributed by atoms with van der Waals surface area (Å²) in [7, 11) is 0. The molecule has 57 heavy (non-hydrogen) atoms. The molecule has 12 rings (SSSR count). The predicted octanol–water partition coefficient (Wildman–Crippen LogP) is 13.9. The van der Waals surface area contributed by atoms with E-state index >= 15 is 0 Å². The van der Waals surface area contributed by atoms with Crippen LogP contribution in [0.25, 0.3) is 115 Å². The number of hydrogen-bond acceptors (Lipinski definition) is 5. The van der Waals surface area contributed by atoms with E-state index in [4.69, 9.17) is 19.4 Å². The lowest BCUT2D eigenvalue weighted by atomic mass is 9.99. The van der Waals surface area contributed by atoms with E-state index in [0.29, 0.717) is 17.6 Å². The van der Waals surface area contributed by atoms with Gasteiger partial charge in [0.05, 0.1) is 11.0 Å². The van der Waals surface area contributed by atoms with Gasteiger partial charge in [-0.2, -0.15) is 9.97 Å². The normalized spacial score (nSPS) is 11.9. The first kappa shape index (κ1) is 31.9. The van der Waals surface area contributed by atoms with E-state index in [2.05, 4.69) is 156 Å². The van der Waals surface area contributed by atoms with E-state index in [1.165, 1.54) is 31.3 Å². The van der Waals surface area contributed by atoms with E-state index in [9.17, 15) is 0 Å². The molecule has 0 aliphatic rings. The molecule has 0 amide bonds. The summed E-state index contributed by atoms with van der Waals surface area (Å²) in [5.74, 6) is 1.73. The molecule has 4 heterocycles. The average Bonchev–Trinajstić information content (AvgIpc) is 3.96. The number of benzene rings is 8. The van der Waals surface area contributed by atoms with E-state index < -0.39 is 0 Å². The topological polar surface area (TPSA) is 56.7 Å². The van der Waals surface area contributed by atoms with Crippen molar-refractivity contribution in [1.29, 1.82) is 0 Å². The van der Waals surface area contributed by atoms with Crippen LogP contribution in [0.4, 0.5) is 0 Å². The number of hydrogen-bond donors (Lipinski definition) is 0. The Morgan fingerprint density at radius 2 is 1.07 bits per heavy atom. The zero-order chi connectivity index (χ0) is 37.5. The summed E-state index contributed by atoms with van der Waals surface area (Å²) in [6.45, 7) is 0. The second-order valence-electron chi connectivity index (χ2n) is 14.3. The van der Waals surface area contributed by atoms with Gasteiger partial charge in [0.1, 0.15) is 11.2 Å². The Morgan fingerprint density at radius 1 is 0.421 bits per heavy atom. The Balaban J connectivity index is 1.15. The highest BCUT2D eigenvalue weighted by molar-refractivity contribution is 7.26. The van der Waals surface area contributed by atoms with E-state index in [-0.39, 0.29) is 0 Å². The van der Waals surface area contributed by atoms with Gasteiger partial charge in [-0.3, -0.25) is 4.57 Å². The molecule has 5 nitrogen and oxygen atoms in total. The smallest absolute Gasteiger partial charge is 0.238 e. The van der Waals surface area contributed by atoms with Gasteiger partial charge in [-0.1, -0.05) is 146 Å². The molecule has 0 N–H and O–H groups in total. The minimum absolute atomic E-state index is 0.560. The van der Waals surface area contributed by atoms with Crippen LogP contribution in [-0.2, 0) is 0 Å². The molecular formula is C51H30N4OS. The lowest BCUT2D eigenvalue weighted by Gasteiger charge is -2.12. The fraction of sp³-hybridized carbons (Fsp3) is 0. The van der Waals surface area contributed by atoms with Crippen LogP contribution < -0.4 is 0 Å². The standard InChI is InChI=1S/C51H30N4OS/c1-4-15-31(16-5-1)35-23-14-25-42-45(35)37-28-27-34(29-43(37)56-42)50-52-49(33-19-8-3-9-20-33)53-51(54-50)55-41-24-12-10-21-36(41)40-30-39(32-17-6-2-7-18-32)48-46(47(40)55)38-22-11-13-26-44(38)57-48/h1-30H. The maximum Gasteiger partial charge on any atom is 0.238 e. The third-order valence-electron chi connectivity index (χ3n) is 11.1. The number of aromatic nitrogens is 4. The summed E-state index contributed by atoms with van der Waals surface area (Å²) in [6.07, 6.45) is 0. The van der Waals surface area contributed by atoms with Gasteiger partial charge in [-0.25, -0.2) is 4.98 Å². The van der Waals surface area contributed by atoms with Crippen LogP contribution in [0.5, 0.6) is 0 Å². The van der Waals surface area contributed by atoms with Gasteiger partial charge in [-0.15, -0.1) is 11.3 Å². The minimum atomic E-state index is 0.560. The molecule has 0 saturated carbocycles. The highest BCUT2D eigenvalue weighted by Crippen LogP contribution is 2.47. The summed E-state index contributed by atoms with van der Waals surface area (Å²) in [6, 6.07) is 63.6. The number of rotatable bonds is 5. The average molecular weight is 747 g/mol. The van der Waals surface area contributed by atoms with Gasteiger partial charge in [0.2, 0.25) is 5.95 Å². The molecule has 6 heteroatoms. The largest absolute Gasteiger partial charge is 0.456 e. The molecule has 266 valence electrons. The molecule has 0 aliphatic carbocycles. The van der Waals surface area contributed by atoms with Gasteiger partial charge < -0.3 is 4.42 Å². The van der Waals surface area contributed by atoms with E-state index in [0.717, 1.165) is 66.0 Å². The van der Waals surface area contributed by atoms with Gasteiger partial charge in [-0.05, 0) is 53.1 Å². The summed E-state index contributed by atoms with van der Waals surface area (Å²) in [5, 5.41) is 6.86. The zero-order valence-corrected chi connectivity index (χ0v) is 31.2. The maximum absolute atomic E-state index is 6.56. The van der Waals surface area contributed by atoms with Crippen LogP contribution >= 0.6 is 11.3 Å². The van der Waals surface area contributed by atoms with Crippen LogP contribution in [0, 0.1) is 0 Å². The molecule has 0 spiro atoms. The van der Waals surface area contributed by atoms with Crippen LogP contribution in [-0.4, -0.2) is 19.5 Å². The first-order valence-corrected chi connectivity index (χ1v) is 19.8. The van der Waals surface area contributed by atoms with Gasteiger partial charge in [0, 0.05) is 58.4 Å². The summed E-state index contributed by atoms with van der Waals surface area (Å²) >= 11 is 1.84. The zero-order valence-electron chi connectivity index (χ0n) is 30.4. The summed E-state index contributed by atoms with van der Waals surface area (Å²) < 4.78 is 11.3. The van der Waals surface area contributed by atoms with Crippen molar-refractivity contribution >= 4 is 75.3 Å². The SMILES string of the molecule is c1ccc(-c2nc(-c3ccc4c(c3)oc3cccc(-c5ccccc5)c34)nc(-n3c4ccccc4c4cc(-c5ccccc5)c5sc6ccccc6c5c43)n2)cc1. The number of nitrogens with zero attached hydrogens (tertiary/aromatic N) is 4. The molecule has 0 saturated heterocycles. The van der Waals surface area contributed by atoms with Crippen molar-refractivity contribution < 1.29 is 4.42 Å². The Bertz CT molecular complexity index is 3510. The fourth-order valence-electron chi connectivity index (χ4n) is 8.51.